The van der Waals surface area contributed by atoms with Crippen molar-refractivity contribution < 1.29 is 22.0 Å². The lowest BCUT2D eigenvalue weighted by Gasteiger charge is -2.19. The van der Waals surface area contributed by atoms with Crippen LogP contribution in [0.5, 0.6) is 0 Å². The minimum absolute atomic E-state index is 0.0636. The van der Waals surface area contributed by atoms with Crippen molar-refractivity contribution in [1.82, 2.24) is 0 Å². The van der Waals surface area contributed by atoms with Crippen LogP contribution in [0.3, 0.4) is 0 Å². The Morgan fingerprint density at radius 3 is 1.45 bits per heavy atom. The predicted octanol–water partition coefficient (Wildman–Crippen LogP) is 6.66. The first-order valence-corrected chi connectivity index (χ1v) is 7.36. The van der Waals surface area contributed by atoms with E-state index in [-0.39, 0.29) is 6.42 Å². The normalized spacial score (nSPS) is 12.7. The Bertz CT molecular complexity index is 245. The molecule has 0 bridgehead atoms. The van der Waals surface area contributed by atoms with E-state index in [1.807, 2.05) is 6.08 Å². The number of hydrogen-bond donors (Lipinski definition) is 0. The largest absolute Gasteiger partial charge is 0.453 e. The molecule has 0 rings (SSSR count). The third-order valence-electron chi connectivity index (χ3n) is 3.31. The number of hydrogen-bond acceptors (Lipinski definition) is 0. The molecule has 0 atom stereocenters. The monoisotopic (exact) mass is 300 g/mol. The highest BCUT2D eigenvalue weighted by Gasteiger charge is 2.56. The molecule has 0 N–H and O–H groups in total. The van der Waals surface area contributed by atoms with Crippen molar-refractivity contribution in [1.29, 1.82) is 0 Å². The van der Waals surface area contributed by atoms with Gasteiger partial charge in [-0.15, -0.1) is 6.58 Å². The fourth-order valence-corrected chi connectivity index (χ4v) is 2.01. The third-order valence-corrected chi connectivity index (χ3v) is 3.31. The van der Waals surface area contributed by atoms with Gasteiger partial charge in [-0.25, -0.2) is 0 Å². The maximum atomic E-state index is 12.6. The Hall–Kier alpha value is -0.610. The minimum atomic E-state index is -5.40. The lowest BCUT2D eigenvalue weighted by Crippen LogP contribution is -2.36. The Labute approximate surface area is 118 Å². The van der Waals surface area contributed by atoms with Crippen molar-refractivity contribution in [3.05, 3.63) is 12.7 Å². The smallest absolute Gasteiger partial charge is 0.196 e. The van der Waals surface area contributed by atoms with Crippen LogP contribution >= 0.6 is 0 Å². The molecule has 0 aromatic rings. The van der Waals surface area contributed by atoms with E-state index in [1.165, 1.54) is 6.42 Å². The lowest BCUT2D eigenvalue weighted by molar-refractivity contribution is -0.284. The fourth-order valence-electron chi connectivity index (χ4n) is 2.01. The molecule has 0 aromatic carbocycles. The van der Waals surface area contributed by atoms with Crippen LogP contribution in [-0.4, -0.2) is 12.1 Å². The first kappa shape index (κ1) is 19.4. The maximum absolute atomic E-state index is 12.6. The summed E-state index contributed by atoms with van der Waals surface area (Å²) in [7, 11) is 0. The van der Waals surface area contributed by atoms with Gasteiger partial charge in [-0.2, -0.15) is 22.0 Å². The molecule has 0 amide bonds. The molecule has 120 valence electrons. The van der Waals surface area contributed by atoms with Crippen molar-refractivity contribution in [2.45, 2.75) is 82.7 Å². The second-order valence-corrected chi connectivity index (χ2v) is 5.21. The van der Waals surface area contributed by atoms with Gasteiger partial charge in [0.05, 0.1) is 0 Å². The quantitative estimate of drug-likeness (QED) is 0.215. The van der Waals surface area contributed by atoms with Crippen LogP contribution in [0.2, 0.25) is 0 Å². The van der Waals surface area contributed by atoms with Crippen LogP contribution in [0.25, 0.3) is 0 Å². The summed E-state index contributed by atoms with van der Waals surface area (Å²) < 4.78 is 60.8. The van der Waals surface area contributed by atoms with Crippen LogP contribution in [0.15, 0.2) is 12.7 Å². The highest BCUT2D eigenvalue weighted by atomic mass is 19.4. The van der Waals surface area contributed by atoms with Gasteiger partial charge in [-0.1, -0.05) is 51.0 Å². The summed E-state index contributed by atoms with van der Waals surface area (Å²) in [6.45, 7) is 3.65. The fraction of sp³-hybridized carbons (Fsp3) is 0.867. The molecule has 0 aromatic heterocycles. The second kappa shape index (κ2) is 10.2. The Balaban J connectivity index is 3.35. The van der Waals surface area contributed by atoms with Crippen molar-refractivity contribution in [2.24, 2.45) is 0 Å². The molecule has 0 unspecified atom stereocenters. The van der Waals surface area contributed by atoms with Gasteiger partial charge in [0.25, 0.3) is 0 Å². The van der Waals surface area contributed by atoms with Crippen LogP contribution in [-0.2, 0) is 0 Å². The van der Waals surface area contributed by atoms with Crippen molar-refractivity contribution in [3.8, 4) is 0 Å². The van der Waals surface area contributed by atoms with E-state index < -0.39 is 18.5 Å². The molecule has 0 heterocycles. The summed E-state index contributed by atoms with van der Waals surface area (Å²) in [6.07, 6.45) is 4.09. The average Bonchev–Trinajstić information content (AvgIpc) is 2.34. The molecule has 0 aliphatic carbocycles. The van der Waals surface area contributed by atoms with Gasteiger partial charge in [0.2, 0.25) is 0 Å². The zero-order valence-corrected chi connectivity index (χ0v) is 12.0. The van der Waals surface area contributed by atoms with Crippen LogP contribution in [0.4, 0.5) is 22.0 Å². The summed E-state index contributed by atoms with van der Waals surface area (Å²) in [4.78, 5) is 0. The van der Waals surface area contributed by atoms with E-state index in [4.69, 9.17) is 0 Å². The third kappa shape index (κ3) is 9.32. The molecule has 0 aliphatic heterocycles. The zero-order valence-electron chi connectivity index (χ0n) is 12.0. The van der Waals surface area contributed by atoms with Gasteiger partial charge in [0.1, 0.15) is 0 Å². The lowest BCUT2D eigenvalue weighted by atomic mass is 10.0. The number of halogens is 5. The van der Waals surface area contributed by atoms with E-state index in [2.05, 4.69) is 6.58 Å². The molecule has 0 spiro atoms. The van der Waals surface area contributed by atoms with Gasteiger partial charge in [-0.05, 0) is 19.3 Å². The molecule has 0 radical (unpaired) electrons. The summed E-state index contributed by atoms with van der Waals surface area (Å²) in [5.74, 6) is -4.53. The van der Waals surface area contributed by atoms with Gasteiger partial charge >= 0.3 is 12.1 Å². The van der Waals surface area contributed by atoms with Crippen molar-refractivity contribution >= 4 is 0 Å². The molecule has 20 heavy (non-hydrogen) atoms. The predicted molar refractivity (Wildman–Crippen MR) is 72.0 cm³/mol. The van der Waals surface area contributed by atoms with Gasteiger partial charge in [0, 0.05) is 6.42 Å². The van der Waals surface area contributed by atoms with Crippen LogP contribution in [0, 0.1) is 0 Å². The summed E-state index contributed by atoms with van der Waals surface area (Å²) in [5.41, 5.74) is 0. The summed E-state index contributed by atoms with van der Waals surface area (Å²) in [5, 5.41) is 0. The highest BCUT2D eigenvalue weighted by Crippen LogP contribution is 2.39. The number of unbranched alkanes of at least 4 members (excludes halogenated alkanes) is 9. The first-order chi connectivity index (χ1) is 9.31. The van der Waals surface area contributed by atoms with Crippen LogP contribution < -0.4 is 0 Å². The molecule has 0 saturated carbocycles. The topological polar surface area (TPSA) is 0 Å². The molecular weight excluding hydrogens is 275 g/mol. The molecule has 0 aliphatic rings. The second-order valence-electron chi connectivity index (χ2n) is 5.21. The number of allylic oxidation sites excluding steroid dienone is 1. The zero-order chi connectivity index (χ0) is 15.5. The SMILES string of the molecule is C=CCCCCCCCCCCCC(F)(F)C(F)(F)F. The number of alkyl halides is 5. The average molecular weight is 300 g/mol. The minimum Gasteiger partial charge on any atom is -0.196 e. The van der Waals surface area contributed by atoms with E-state index in [0.717, 1.165) is 44.9 Å². The van der Waals surface area contributed by atoms with E-state index >= 15 is 0 Å². The summed E-state index contributed by atoms with van der Waals surface area (Å²) >= 11 is 0. The Morgan fingerprint density at radius 1 is 0.650 bits per heavy atom. The molecule has 0 fully saturated rings. The van der Waals surface area contributed by atoms with Crippen LogP contribution in [0.1, 0.15) is 70.6 Å². The standard InChI is InChI=1S/C15H25F5/c1-2-3-4-5-6-7-8-9-10-11-12-13-14(16,17)15(18,19)20/h2H,1,3-13H2. The molecule has 0 saturated heterocycles. The van der Waals surface area contributed by atoms with Crippen molar-refractivity contribution in [2.75, 3.05) is 0 Å². The van der Waals surface area contributed by atoms with Crippen molar-refractivity contribution in [3.63, 3.8) is 0 Å². The number of rotatable bonds is 12. The Kier molecular flexibility index (Phi) is 9.86. The first-order valence-electron chi connectivity index (χ1n) is 7.36. The van der Waals surface area contributed by atoms with Gasteiger partial charge in [0.15, 0.2) is 0 Å². The van der Waals surface area contributed by atoms with Gasteiger partial charge in [-0.3, -0.25) is 0 Å². The summed E-state index contributed by atoms with van der Waals surface area (Å²) in [6, 6.07) is 0. The maximum Gasteiger partial charge on any atom is 0.453 e. The highest BCUT2D eigenvalue weighted by molar-refractivity contribution is 4.75. The Morgan fingerprint density at radius 2 is 1.05 bits per heavy atom. The molecular formula is C15H25F5. The molecule has 5 heteroatoms. The van der Waals surface area contributed by atoms with E-state index in [0.29, 0.717) is 6.42 Å². The van der Waals surface area contributed by atoms with Gasteiger partial charge < -0.3 is 0 Å². The van der Waals surface area contributed by atoms with E-state index in [9.17, 15) is 22.0 Å². The molecule has 0 nitrogen and oxygen atoms in total. The van der Waals surface area contributed by atoms with E-state index in [1.54, 1.807) is 0 Å².